The lowest BCUT2D eigenvalue weighted by atomic mass is 10.2. The van der Waals surface area contributed by atoms with Crippen LogP contribution in [-0.2, 0) is 17.8 Å². The number of pyridine rings is 1. The molecule has 2 aromatic rings. The second-order valence-corrected chi connectivity index (χ2v) is 7.12. The number of aliphatic imine (C=N–C) groups is 1. The summed E-state index contributed by atoms with van der Waals surface area (Å²) in [5.74, 6) is 1.78. The van der Waals surface area contributed by atoms with Crippen LogP contribution in [0.2, 0.25) is 0 Å². The van der Waals surface area contributed by atoms with Crippen molar-refractivity contribution in [3.8, 4) is 5.88 Å². The first-order valence-electron chi connectivity index (χ1n) is 9.16. The Hall–Kier alpha value is -2.19. The fraction of sp³-hybridized carbons (Fsp3) is 0.526. The van der Waals surface area contributed by atoms with Crippen LogP contribution in [0.3, 0.4) is 0 Å². The molecule has 0 aliphatic carbocycles. The van der Waals surface area contributed by atoms with Gasteiger partial charge in [0.1, 0.15) is 11.6 Å². The summed E-state index contributed by atoms with van der Waals surface area (Å²) in [7, 11) is 1.65. The van der Waals surface area contributed by atoms with Crippen LogP contribution >= 0.6 is 11.3 Å². The average Bonchev–Trinajstić information content (AvgIpc) is 3.14. The molecule has 2 aromatic heterocycles. The smallest absolute Gasteiger partial charge is 0.218 e. The van der Waals surface area contributed by atoms with Gasteiger partial charge in [-0.2, -0.15) is 0 Å². The molecule has 7 nitrogen and oxygen atoms in total. The number of guanidine groups is 1. The normalized spacial score (nSPS) is 11.7. The Labute approximate surface area is 165 Å². The van der Waals surface area contributed by atoms with E-state index >= 15 is 0 Å². The molecular weight excluding hydrogens is 362 g/mol. The lowest BCUT2D eigenvalue weighted by Gasteiger charge is -2.11. The molecule has 2 heterocycles. The largest absolute Gasteiger partial charge is 0.475 e. The van der Waals surface area contributed by atoms with Gasteiger partial charge < -0.3 is 20.1 Å². The van der Waals surface area contributed by atoms with Gasteiger partial charge in [-0.05, 0) is 18.9 Å². The molecule has 0 aliphatic heterocycles. The highest BCUT2D eigenvalue weighted by atomic mass is 32.1. The van der Waals surface area contributed by atoms with Gasteiger partial charge in [-0.3, -0.25) is 0 Å². The van der Waals surface area contributed by atoms with Crippen molar-refractivity contribution in [1.29, 1.82) is 0 Å². The summed E-state index contributed by atoms with van der Waals surface area (Å²) in [6.07, 6.45) is 1.72. The van der Waals surface area contributed by atoms with Crippen LogP contribution < -0.4 is 15.4 Å². The Kier molecular flexibility index (Phi) is 9.00. The van der Waals surface area contributed by atoms with Crippen molar-refractivity contribution in [3.63, 3.8) is 0 Å². The predicted octanol–water partition coefficient (Wildman–Crippen LogP) is 2.94. The van der Waals surface area contributed by atoms with Crippen LogP contribution in [-0.4, -0.2) is 42.8 Å². The summed E-state index contributed by atoms with van der Waals surface area (Å²) in [5.41, 5.74) is 2.06. The molecule has 0 unspecified atom stereocenters. The standard InChI is InChI=1S/C19H29N5O2S/c1-5-20-19(23-12-17-24-16(13-27-17)14(2)3)22-11-15-7-6-8-21-18(15)26-10-9-25-4/h6-8,13-14H,5,9-12H2,1-4H3,(H2,20,22,23). The third-order valence-electron chi connectivity index (χ3n) is 3.70. The highest BCUT2D eigenvalue weighted by Gasteiger charge is 2.08. The van der Waals surface area contributed by atoms with Crippen LogP contribution in [0.1, 0.15) is 43.0 Å². The lowest BCUT2D eigenvalue weighted by molar-refractivity contribution is 0.143. The van der Waals surface area contributed by atoms with Crippen molar-refractivity contribution in [2.45, 2.75) is 39.8 Å². The van der Waals surface area contributed by atoms with Gasteiger partial charge in [0.05, 0.1) is 25.4 Å². The first-order chi connectivity index (χ1) is 13.1. The van der Waals surface area contributed by atoms with Crippen molar-refractivity contribution >= 4 is 17.3 Å². The summed E-state index contributed by atoms with van der Waals surface area (Å²) in [4.78, 5) is 13.6. The number of rotatable bonds is 10. The molecule has 27 heavy (non-hydrogen) atoms. The quantitative estimate of drug-likeness (QED) is 0.368. The van der Waals surface area contributed by atoms with Gasteiger partial charge in [0.2, 0.25) is 5.88 Å². The predicted molar refractivity (Wildman–Crippen MR) is 109 cm³/mol. The molecule has 8 heteroatoms. The molecule has 0 aromatic carbocycles. The summed E-state index contributed by atoms with van der Waals surface area (Å²) in [5, 5.41) is 9.76. The van der Waals surface area contributed by atoms with E-state index in [1.54, 1.807) is 24.6 Å². The van der Waals surface area contributed by atoms with Crippen molar-refractivity contribution in [2.24, 2.45) is 4.99 Å². The molecule has 0 spiro atoms. The first-order valence-corrected chi connectivity index (χ1v) is 10.0. The summed E-state index contributed by atoms with van der Waals surface area (Å²) >= 11 is 1.67. The summed E-state index contributed by atoms with van der Waals surface area (Å²) in [6.45, 7) is 9.23. The monoisotopic (exact) mass is 391 g/mol. The van der Waals surface area contributed by atoms with Crippen LogP contribution in [0.4, 0.5) is 0 Å². The molecule has 0 saturated heterocycles. The molecule has 0 fully saturated rings. The van der Waals surface area contributed by atoms with E-state index in [9.17, 15) is 0 Å². The zero-order valence-electron chi connectivity index (χ0n) is 16.5. The van der Waals surface area contributed by atoms with E-state index < -0.39 is 0 Å². The van der Waals surface area contributed by atoms with Crippen molar-refractivity contribution in [3.05, 3.63) is 40.0 Å². The second kappa shape index (κ2) is 11.5. The van der Waals surface area contributed by atoms with E-state index in [1.165, 1.54) is 0 Å². The SMILES string of the molecule is CCNC(=NCc1cccnc1OCCOC)NCc1nc(C(C)C)cs1. The minimum atomic E-state index is 0.444. The Morgan fingerprint density at radius 2 is 2.15 bits per heavy atom. The minimum Gasteiger partial charge on any atom is -0.475 e. The van der Waals surface area contributed by atoms with Crippen LogP contribution in [0.15, 0.2) is 28.7 Å². The Morgan fingerprint density at radius 3 is 2.85 bits per heavy atom. The molecule has 0 radical (unpaired) electrons. The average molecular weight is 392 g/mol. The first kappa shape index (κ1) is 21.1. The van der Waals surface area contributed by atoms with Gasteiger partial charge in [-0.15, -0.1) is 11.3 Å². The zero-order chi connectivity index (χ0) is 19.5. The number of nitrogens with one attached hydrogen (secondary N) is 2. The number of thiazole rings is 1. The summed E-state index contributed by atoms with van der Waals surface area (Å²) < 4.78 is 10.7. The van der Waals surface area contributed by atoms with Gasteiger partial charge in [-0.25, -0.2) is 15.0 Å². The maximum Gasteiger partial charge on any atom is 0.218 e. The zero-order valence-corrected chi connectivity index (χ0v) is 17.3. The Balaban J connectivity index is 1.98. The van der Waals surface area contributed by atoms with E-state index in [0.717, 1.165) is 28.8 Å². The Bertz CT molecular complexity index is 718. The number of hydrogen-bond donors (Lipinski definition) is 2. The molecule has 0 amide bonds. The van der Waals surface area contributed by atoms with E-state index in [4.69, 9.17) is 9.47 Å². The van der Waals surface area contributed by atoms with Gasteiger partial charge in [0.15, 0.2) is 5.96 Å². The van der Waals surface area contributed by atoms with E-state index in [0.29, 0.717) is 38.1 Å². The third-order valence-corrected chi connectivity index (χ3v) is 4.56. The number of aromatic nitrogens is 2. The number of nitrogens with zero attached hydrogens (tertiary/aromatic N) is 3. The summed E-state index contributed by atoms with van der Waals surface area (Å²) in [6, 6.07) is 3.86. The molecule has 148 valence electrons. The van der Waals surface area contributed by atoms with Crippen LogP contribution in [0, 0.1) is 0 Å². The lowest BCUT2D eigenvalue weighted by Crippen LogP contribution is -2.36. The van der Waals surface area contributed by atoms with E-state index in [-0.39, 0.29) is 0 Å². The van der Waals surface area contributed by atoms with Crippen molar-refractivity contribution < 1.29 is 9.47 Å². The molecule has 0 atom stereocenters. The molecule has 2 rings (SSSR count). The van der Waals surface area contributed by atoms with E-state index in [1.807, 2.05) is 19.1 Å². The number of methoxy groups -OCH3 is 1. The number of hydrogen-bond acceptors (Lipinski definition) is 6. The molecule has 0 aliphatic rings. The third kappa shape index (κ3) is 7.15. The molecule has 0 saturated carbocycles. The van der Waals surface area contributed by atoms with Gasteiger partial charge in [0, 0.05) is 30.8 Å². The maximum absolute atomic E-state index is 5.67. The topological polar surface area (TPSA) is 80.7 Å². The van der Waals surface area contributed by atoms with Crippen LogP contribution in [0.5, 0.6) is 5.88 Å². The van der Waals surface area contributed by atoms with Gasteiger partial charge in [-0.1, -0.05) is 19.9 Å². The Morgan fingerprint density at radius 1 is 1.30 bits per heavy atom. The molecular formula is C19H29N5O2S. The number of ether oxygens (including phenoxy) is 2. The second-order valence-electron chi connectivity index (χ2n) is 6.18. The molecule has 2 N–H and O–H groups in total. The maximum atomic E-state index is 5.67. The van der Waals surface area contributed by atoms with E-state index in [2.05, 4.69) is 44.8 Å². The van der Waals surface area contributed by atoms with Gasteiger partial charge >= 0.3 is 0 Å². The molecule has 0 bridgehead atoms. The van der Waals surface area contributed by atoms with Gasteiger partial charge in [0.25, 0.3) is 0 Å². The highest BCUT2D eigenvalue weighted by Crippen LogP contribution is 2.18. The highest BCUT2D eigenvalue weighted by molar-refractivity contribution is 7.09. The van der Waals surface area contributed by atoms with Crippen molar-refractivity contribution in [2.75, 3.05) is 26.9 Å². The van der Waals surface area contributed by atoms with Crippen LogP contribution in [0.25, 0.3) is 0 Å². The fourth-order valence-electron chi connectivity index (χ4n) is 2.23. The fourth-order valence-corrected chi connectivity index (χ4v) is 3.13. The minimum absolute atomic E-state index is 0.444. The van der Waals surface area contributed by atoms with Crippen molar-refractivity contribution in [1.82, 2.24) is 20.6 Å².